The second-order valence-corrected chi connectivity index (χ2v) is 13.3. The highest BCUT2D eigenvalue weighted by atomic mass is 16.5. The Kier molecular flexibility index (Phi) is 7.86. The maximum absolute atomic E-state index is 13.1. The third-order valence-electron chi connectivity index (χ3n) is 10.4. The highest BCUT2D eigenvalue weighted by Crippen LogP contribution is 2.61. The van der Waals surface area contributed by atoms with E-state index in [0.717, 1.165) is 35.3 Å². The number of ether oxygens (including phenoxy) is 1. The maximum atomic E-state index is 13.1. The first-order valence-electron chi connectivity index (χ1n) is 15.2. The summed E-state index contributed by atoms with van der Waals surface area (Å²) >= 11 is 0. The van der Waals surface area contributed by atoms with Crippen molar-refractivity contribution in [3.63, 3.8) is 0 Å². The highest BCUT2D eigenvalue weighted by molar-refractivity contribution is 5.91. The summed E-state index contributed by atoms with van der Waals surface area (Å²) in [6, 6.07) is 17.0. The molecular weight excluding hydrogens is 516 g/mol. The van der Waals surface area contributed by atoms with Gasteiger partial charge < -0.3 is 14.9 Å². The van der Waals surface area contributed by atoms with Crippen molar-refractivity contribution in [1.82, 2.24) is 0 Å². The predicted octanol–water partition coefficient (Wildman–Crippen LogP) is 6.47. The van der Waals surface area contributed by atoms with E-state index >= 15 is 0 Å². The van der Waals surface area contributed by atoms with E-state index in [-0.39, 0.29) is 18.6 Å². The molecule has 2 aromatic carbocycles. The first-order chi connectivity index (χ1) is 19.8. The van der Waals surface area contributed by atoms with Gasteiger partial charge in [0.25, 0.3) is 0 Å². The molecule has 5 aliphatic carbocycles. The third-order valence-corrected chi connectivity index (χ3v) is 10.4. The van der Waals surface area contributed by atoms with Gasteiger partial charge in [-0.15, -0.1) is 0 Å². The molecule has 0 heterocycles. The summed E-state index contributed by atoms with van der Waals surface area (Å²) in [6.45, 7) is 0. The van der Waals surface area contributed by atoms with Gasteiger partial charge in [0.2, 0.25) is 0 Å². The molecule has 0 unspecified atom stereocenters. The first kappa shape index (κ1) is 27.9. The Balaban J connectivity index is 1.11. The van der Waals surface area contributed by atoms with Crippen LogP contribution >= 0.6 is 0 Å². The van der Waals surface area contributed by atoms with Crippen LogP contribution in [-0.2, 0) is 14.3 Å². The topological polar surface area (TPSA) is 101 Å². The zero-order valence-electron chi connectivity index (χ0n) is 23.5. The van der Waals surface area contributed by atoms with E-state index in [1.165, 1.54) is 38.5 Å². The minimum Gasteiger partial charge on any atom is -0.481 e. The minimum atomic E-state index is -1.02. The Labute approximate surface area is 241 Å². The number of carboxylic acid groups (broad SMARTS) is 1. The van der Waals surface area contributed by atoms with Crippen LogP contribution in [0.4, 0.5) is 0 Å². The zero-order chi connectivity index (χ0) is 28.6. The average Bonchev–Trinajstić information content (AvgIpc) is 3.23. The second kappa shape index (κ2) is 11.6. The van der Waals surface area contributed by atoms with Gasteiger partial charge in [0, 0.05) is 24.7 Å². The molecule has 5 fully saturated rings. The summed E-state index contributed by atoms with van der Waals surface area (Å²) in [5.41, 5.74) is 2.73. The number of carbonyl (C=O) groups is 3. The molecular formula is C35H40O6. The summed E-state index contributed by atoms with van der Waals surface area (Å²) in [6.07, 6.45) is 10.8. The van der Waals surface area contributed by atoms with E-state index in [0.29, 0.717) is 17.4 Å². The average molecular weight is 557 g/mol. The summed E-state index contributed by atoms with van der Waals surface area (Å²) in [4.78, 5) is 37.7. The van der Waals surface area contributed by atoms with Gasteiger partial charge in [-0.1, -0.05) is 48.5 Å². The monoisotopic (exact) mass is 556 g/mol. The van der Waals surface area contributed by atoms with Crippen LogP contribution in [0.15, 0.2) is 66.7 Å². The number of rotatable bonds is 10. The van der Waals surface area contributed by atoms with Gasteiger partial charge >= 0.3 is 11.9 Å². The van der Waals surface area contributed by atoms with E-state index in [1.807, 2.05) is 42.5 Å². The van der Waals surface area contributed by atoms with Crippen molar-refractivity contribution in [3.8, 4) is 11.1 Å². The molecule has 0 aromatic heterocycles. The van der Waals surface area contributed by atoms with Crippen molar-refractivity contribution in [3.05, 3.63) is 72.3 Å². The molecule has 41 heavy (non-hydrogen) atoms. The number of aliphatic hydroxyl groups excluding tert-OH is 1. The van der Waals surface area contributed by atoms with Gasteiger partial charge in [0.1, 0.15) is 6.10 Å². The summed E-state index contributed by atoms with van der Waals surface area (Å²) < 4.78 is 5.84. The van der Waals surface area contributed by atoms with Crippen molar-refractivity contribution in [2.45, 2.75) is 76.4 Å². The van der Waals surface area contributed by atoms with Gasteiger partial charge in [-0.2, -0.15) is 0 Å². The number of aliphatic carboxylic acids is 1. The van der Waals surface area contributed by atoms with Crippen LogP contribution in [0.3, 0.4) is 0 Å². The SMILES string of the molecule is O=C(O)C[C@@H]1[C@@H](C=CC(=O)CCC23CC4CC(CC(C4)C2)C3)[C@H](OC(=O)c2ccc(-c3ccccc3)cc2)C[C@@H]1O. The molecule has 0 saturated heterocycles. The Morgan fingerprint density at radius 1 is 0.854 bits per heavy atom. The molecule has 4 atom stereocenters. The fourth-order valence-corrected chi connectivity index (χ4v) is 8.89. The number of ketones is 1. The Morgan fingerprint density at radius 2 is 1.46 bits per heavy atom. The van der Waals surface area contributed by atoms with Crippen LogP contribution in [0, 0.1) is 35.0 Å². The molecule has 2 aromatic rings. The number of hydrogen-bond acceptors (Lipinski definition) is 5. The third kappa shape index (κ3) is 6.18. The molecule has 0 aliphatic heterocycles. The van der Waals surface area contributed by atoms with E-state index < -0.39 is 36.0 Å². The number of carbonyl (C=O) groups excluding carboxylic acids is 2. The summed E-state index contributed by atoms with van der Waals surface area (Å²) in [5.74, 6) is -0.169. The van der Waals surface area contributed by atoms with Gasteiger partial charge in [0.05, 0.1) is 18.1 Å². The maximum Gasteiger partial charge on any atom is 0.338 e. The molecule has 0 radical (unpaired) electrons. The largest absolute Gasteiger partial charge is 0.481 e. The molecule has 0 amide bonds. The summed E-state index contributed by atoms with van der Waals surface area (Å²) in [5, 5.41) is 20.2. The predicted molar refractivity (Wildman–Crippen MR) is 155 cm³/mol. The van der Waals surface area contributed by atoms with E-state index in [2.05, 4.69) is 0 Å². The quantitative estimate of drug-likeness (QED) is 0.257. The van der Waals surface area contributed by atoms with Gasteiger partial charge in [0.15, 0.2) is 5.78 Å². The van der Waals surface area contributed by atoms with E-state index in [9.17, 15) is 24.6 Å². The molecule has 7 rings (SSSR count). The Morgan fingerprint density at radius 3 is 2.07 bits per heavy atom. The van der Waals surface area contributed by atoms with Crippen molar-refractivity contribution in [2.75, 3.05) is 0 Å². The van der Waals surface area contributed by atoms with Crippen LogP contribution in [0.25, 0.3) is 11.1 Å². The van der Waals surface area contributed by atoms with Crippen LogP contribution < -0.4 is 0 Å². The molecule has 4 bridgehead atoms. The van der Waals surface area contributed by atoms with E-state index in [4.69, 9.17) is 4.74 Å². The Bertz CT molecular complexity index is 1260. The fourth-order valence-electron chi connectivity index (χ4n) is 8.89. The highest BCUT2D eigenvalue weighted by Gasteiger charge is 2.50. The van der Waals surface area contributed by atoms with Crippen molar-refractivity contribution in [1.29, 1.82) is 0 Å². The van der Waals surface area contributed by atoms with Gasteiger partial charge in [-0.05, 0) is 97.5 Å². The number of aliphatic hydroxyl groups is 1. The van der Waals surface area contributed by atoms with Crippen LogP contribution in [-0.4, -0.2) is 40.1 Å². The Hall–Kier alpha value is -3.25. The fraction of sp³-hybridized carbons (Fsp3) is 0.514. The van der Waals surface area contributed by atoms with Crippen LogP contribution in [0.1, 0.15) is 74.6 Å². The minimum absolute atomic E-state index is 0.0257. The summed E-state index contributed by atoms with van der Waals surface area (Å²) in [7, 11) is 0. The molecule has 216 valence electrons. The van der Waals surface area contributed by atoms with Crippen LogP contribution in [0.2, 0.25) is 0 Å². The molecule has 5 saturated carbocycles. The molecule has 6 nitrogen and oxygen atoms in total. The lowest BCUT2D eigenvalue weighted by atomic mass is 9.48. The molecule has 5 aliphatic rings. The second-order valence-electron chi connectivity index (χ2n) is 13.3. The number of carboxylic acids is 1. The van der Waals surface area contributed by atoms with Crippen molar-refractivity contribution < 1.29 is 29.3 Å². The van der Waals surface area contributed by atoms with Crippen molar-refractivity contribution in [2.24, 2.45) is 35.0 Å². The first-order valence-corrected chi connectivity index (χ1v) is 15.2. The molecule has 0 spiro atoms. The van der Waals surface area contributed by atoms with Gasteiger partial charge in [-0.3, -0.25) is 9.59 Å². The van der Waals surface area contributed by atoms with Crippen LogP contribution in [0.5, 0.6) is 0 Å². The number of benzene rings is 2. The standard InChI is InChI=1S/C35H40O6/c36-28(12-13-35-19-22-14-23(20-35)16-24(15-22)21-35)10-11-29-30(17-33(38)39)31(37)18-32(29)41-34(40)27-8-6-26(7-9-27)25-4-2-1-3-5-25/h1-11,22-24,29-32,37H,12-21H2,(H,38,39)/t22?,23?,24?,29-,30-,31+,32-,35?/m1/s1. The normalized spacial score (nSPS) is 33.7. The van der Waals surface area contributed by atoms with E-state index in [1.54, 1.807) is 24.3 Å². The number of allylic oxidation sites excluding steroid dienone is 1. The lowest BCUT2D eigenvalue weighted by Gasteiger charge is -2.57. The lowest BCUT2D eigenvalue weighted by molar-refractivity contribution is -0.139. The molecule has 2 N–H and O–H groups in total. The van der Waals surface area contributed by atoms with Crippen molar-refractivity contribution >= 4 is 17.7 Å². The zero-order valence-corrected chi connectivity index (χ0v) is 23.5. The smallest absolute Gasteiger partial charge is 0.338 e. The number of hydrogen-bond donors (Lipinski definition) is 2. The lowest BCUT2D eigenvalue weighted by Crippen LogP contribution is -2.46. The number of esters is 1. The molecule has 6 heteroatoms. The van der Waals surface area contributed by atoms with Gasteiger partial charge in [-0.25, -0.2) is 4.79 Å².